The van der Waals surface area contributed by atoms with Gasteiger partial charge in [-0.05, 0) is 63.1 Å². The zero-order valence-corrected chi connectivity index (χ0v) is 20.4. The highest BCUT2D eigenvalue weighted by Gasteiger charge is 2.35. The van der Waals surface area contributed by atoms with Crippen molar-refractivity contribution < 1.29 is 14.0 Å². The maximum atomic E-state index is 13.6. The molecule has 1 aliphatic heterocycles. The van der Waals surface area contributed by atoms with Crippen LogP contribution < -0.4 is 4.90 Å². The molecule has 0 spiro atoms. The Balaban J connectivity index is 1.67. The molecule has 1 saturated heterocycles. The fraction of sp³-hybridized carbons (Fsp3) is 0.444. The molecule has 0 saturated carbocycles. The minimum absolute atomic E-state index is 0.0256. The molecule has 2 heterocycles. The molecule has 2 aromatic carbocycles. The SMILES string of the molecule is CCC(C)N(C(=O)Cn1c(C2CC(=O)N(c3ccc(F)cc3)C2)nc2ccccc21)C(C)CC. The van der Waals surface area contributed by atoms with Gasteiger partial charge in [0.15, 0.2) is 0 Å². The third-order valence-electron chi connectivity index (χ3n) is 7.03. The minimum atomic E-state index is -0.334. The Hall–Kier alpha value is -3.22. The maximum Gasteiger partial charge on any atom is 0.243 e. The Morgan fingerprint density at radius 2 is 1.74 bits per heavy atom. The number of hydrogen-bond acceptors (Lipinski definition) is 3. The van der Waals surface area contributed by atoms with E-state index in [-0.39, 0.29) is 42.2 Å². The monoisotopic (exact) mass is 464 g/mol. The summed E-state index contributed by atoms with van der Waals surface area (Å²) in [6, 6.07) is 14.0. The summed E-state index contributed by atoms with van der Waals surface area (Å²) in [6.07, 6.45) is 2.07. The lowest BCUT2D eigenvalue weighted by atomic mass is 10.1. The van der Waals surface area contributed by atoms with Gasteiger partial charge in [0, 0.05) is 36.7 Å². The van der Waals surface area contributed by atoms with Gasteiger partial charge >= 0.3 is 0 Å². The largest absolute Gasteiger partial charge is 0.336 e. The summed E-state index contributed by atoms with van der Waals surface area (Å²) >= 11 is 0. The third kappa shape index (κ3) is 4.56. The van der Waals surface area contributed by atoms with Gasteiger partial charge in [-0.1, -0.05) is 26.0 Å². The first-order valence-corrected chi connectivity index (χ1v) is 12.2. The predicted molar refractivity (Wildman–Crippen MR) is 132 cm³/mol. The summed E-state index contributed by atoms with van der Waals surface area (Å²) in [7, 11) is 0. The predicted octanol–water partition coefficient (Wildman–Crippen LogP) is 5.12. The van der Waals surface area contributed by atoms with Crippen molar-refractivity contribution in [2.24, 2.45) is 0 Å². The quantitative estimate of drug-likeness (QED) is 0.465. The highest BCUT2D eigenvalue weighted by molar-refractivity contribution is 5.96. The molecule has 3 aromatic rings. The molecule has 6 nitrogen and oxygen atoms in total. The number of imidazole rings is 1. The molecule has 1 aliphatic rings. The van der Waals surface area contributed by atoms with Crippen molar-refractivity contribution in [2.45, 2.75) is 71.5 Å². The second kappa shape index (κ2) is 9.95. The Kier molecular flexibility index (Phi) is 7.00. The molecule has 0 N–H and O–H groups in total. The molecule has 0 aliphatic carbocycles. The number of anilines is 1. The normalized spacial score (nSPS) is 17.9. The van der Waals surface area contributed by atoms with Crippen LogP contribution in [0.15, 0.2) is 48.5 Å². The maximum absolute atomic E-state index is 13.6. The molecule has 180 valence electrons. The van der Waals surface area contributed by atoms with Gasteiger partial charge in [0.1, 0.15) is 18.2 Å². The van der Waals surface area contributed by atoms with E-state index in [2.05, 4.69) is 27.7 Å². The van der Waals surface area contributed by atoms with Crippen LogP contribution in [0.4, 0.5) is 10.1 Å². The Labute approximate surface area is 200 Å². The number of benzene rings is 2. The van der Waals surface area contributed by atoms with Gasteiger partial charge in [-0.3, -0.25) is 9.59 Å². The van der Waals surface area contributed by atoms with Crippen LogP contribution in [0.3, 0.4) is 0 Å². The second-order valence-electron chi connectivity index (χ2n) is 9.24. The first kappa shape index (κ1) is 23.9. The molecular weight excluding hydrogens is 431 g/mol. The molecule has 0 radical (unpaired) electrons. The van der Waals surface area contributed by atoms with Crippen LogP contribution in [0.5, 0.6) is 0 Å². The Morgan fingerprint density at radius 3 is 2.38 bits per heavy atom. The fourth-order valence-corrected chi connectivity index (χ4v) is 4.86. The zero-order valence-electron chi connectivity index (χ0n) is 20.4. The number of hydrogen-bond donors (Lipinski definition) is 0. The van der Waals surface area contributed by atoms with E-state index in [1.807, 2.05) is 33.7 Å². The zero-order chi connectivity index (χ0) is 24.4. The number of fused-ring (bicyclic) bond motifs is 1. The first-order valence-electron chi connectivity index (χ1n) is 12.2. The molecule has 1 aromatic heterocycles. The average Bonchev–Trinajstić information content (AvgIpc) is 3.40. The van der Waals surface area contributed by atoms with Crippen LogP contribution in [0.25, 0.3) is 11.0 Å². The molecule has 2 amide bonds. The molecule has 4 rings (SSSR count). The van der Waals surface area contributed by atoms with Crippen molar-refractivity contribution in [3.63, 3.8) is 0 Å². The standard InChI is InChI=1S/C27H33FN4O2/c1-5-18(3)32(19(4)6-2)26(34)17-31-24-10-8-7-9-23(24)29-27(31)20-15-25(33)30(16-20)22-13-11-21(28)12-14-22/h7-14,18-20H,5-6,15-17H2,1-4H3. The number of nitrogens with zero attached hydrogens (tertiary/aromatic N) is 4. The fourth-order valence-electron chi connectivity index (χ4n) is 4.86. The van der Waals surface area contributed by atoms with E-state index in [0.717, 1.165) is 29.7 Å². The lowest BCUT2D eigenvalue weighted by molar-refractivity contribution is -0.136. The number of aromatic nitrogens is 2. The highest BCUT2D eigenvalue weighted by atomic mass is 19.1. The number of carbonyl (C=O) groups excluding carboxylic acids is 2. The van der Waals surface area contributed by atoms with Crippen LogP contribution >= 0.6 is 0 Å². The van der Waals surface area contributed by atoms with Crippen LogP contribution in [-0.2, 0) is 16.1 Å². The summed E-state index contributed by atoms with van der Waals surface area (Å²) < 4.78 is 15.4. The second-order valence-corrected chi connectivity index (χ2v) is 9.24. The van der Waals surface area contributed by atoms with Crippen molar-refractivity contribution in [3.8, 4) is 0 Å². The van der Waals surface area contributed by atoms with Gasteiger partial charge in [0.05, 0.1) is 11.0 Å². The van der Waals surface area contributed by atoms with Crippen molar-refractivity contribution in [3.05, 3.63) is 60.2 Å². The van der Waals surface area contributed by atoms with Crippen LogP contribution in [0.1, 0.15) is 58.7 Å². The number of para-hydroxylation sites is 2. The van der Waals surface area contributed by atoms with Gasteiger partial charge in [0.2, 0.25) is 11.8 Å². The first-order chi connectivity index (χ1) is 16.3. The lowest BCUT2D eigenvalue weighted by Crippen LogP contribution is -2.46. The van der Waals surface area contributed by atoms with E-state index in [9.17, 15) is 14.0 Å². The topological polar surface area (TPSA) is 58.4 Å². The van der Waals surface area contributed by atoms with Crippen molar-refractivity contribution in [1.82, 2.24) is 14.5 Å². The van der Waals surface area contributed by atoms with E-state index < -0.39 is 0 Å². The lowest BCUT2D eigenvalue weighted by Gasteiger charge is -2.34. The molecule has 34 heavy (non-hydrogen) atoms. The van der Waals surface area contributed by atoms with E-state index in [4.69, 9.17) is 4.98 Å². The van der Waals surface area contributed by atoms with E-state index in [1.54, 1.807) is 17.0 Å². The minimum Gasteiger partial charge on any atom is -0.336 e. The summed E-state index contributed by atoms with van der Waals surface area (Å²) in [4.78, 5) is 35.0. The van der Waals surface area contributed by atoms with Gasteiger partial charge in [-0.2, -0.15) is 0 Å². The van der Waals surface area contributed by atoms with Gasteiger partial charge in [-0.15, -0.1) is 0 Å². The molecule has 1 fully saturated rings. The van der Waals surface area contributed by atoms with Crippen LogP contribution in [-0.4, -0.2) is 44.9 Å². The van der Waals surface area contributed by atoms with E-state index in [1.165, 1.54) is 12.1 Å². The van der Waals surface area contributed by atoms with Gasteiger partial charge in [0.25, 0.3) is 0 Å². The molecular formula is C27H33FN4O2. The summed E-state index contributed by atoms with van der Waals surface area (Å²) in [5.74, 6) is 0.300. The van der Waals surface area contributed by atoms with Crippen molar-refractivity contribution in [1.29, 1.82) is 0 Å². The van der Waals surface area contributed by atoms with Crippen LogP contribution in [0, 0.1) is 5.82 Å². The Morgan fingerprint density at radius 1 is 1.09 bits per heavy atom. The summed E-state index contributed by atoms with van der Waals surface area (Å²) in [5.41, 5.74) is 2.38. The smallest absolute Gasteiger partial charge is 0.243 e. The van der Waals surface area contributed by atoms with Crippen molar-refractivity contribution >= 4 is 28.5 Å². The summed E-state index contributed by atoms with van der Waals surface area (Å²) in [6.45, 7) is 9.01. The number of rotatable bonds is 8. The van der Waals surface area contributed by atoms with E-state index >= 15 is 0 Å². The average molecular weight is 465 g/mol. The Bertz CT molecular complexity index is 1160. The molecule has 7 heteroatoms. The molecule has 3 atom stereocenters. The van der Waals surface area contributed by atoms with Crippen molar-refractivity contribution in [2.75, 3.05) is 11.4 Å². The number of carbonyl (C=O) groups is 2. The van der Waals surface area contributed by atoms with Gasteiger partial charge < -0.3 is 14.4 Å². The summed E-state index contributed by atoms with van der Waals surface area (Å²) in [5, 5.41) is 0. The third-order valence-corrected chi connectivity index (χ3v) is 7.03. The number of halogens is 1. The molecule has 0 bridgehead atoms. The highest BCUT2D eigenvalue weighted by Crippen LogP contribution is 2.33. The number of amides is 2. The van der Waals surface area contributed by atoms with Gasteiger partial charge in [-0.25, -0.2) is 9.37 Å². The molecule has 3 unspecified atom stereocenters. The van der Waals surface area contributed by atoms with E-state index in [0.29, 0.717) is 18.7 Å². The van der Waals surface area contributed by atoms with Crippen LogP contribution in [0.2, 0.25) is 0 Å².